The summed E-state index contributed by atoms with van der Waals surface area (Å²) in [6.45, 7) is 7.62. The van der Waals surface area contributed by atoms with E-state index in [1.807, 2.05) is 36.5 Å². The number of carbonyl (C=O) groups excluding carboxylic acids is 1. The third-order valence-electron chi connectivity index (χ3n) is 4.50. The number of pyridine rings is 1. The average molecular weight is 393 g/mol. The number of carbonyl (C=O) groups is 1. The molecule has 0 spiro atoms. The second-order valence-electron chi connectivity index (χ2n) is 7.99. The predicted octanol–water partition coefficient (Wildman–Crippen LogP) is 4.42. The minimum absolute atomic E-state index is 0.0697. The van der Waals surface area contributed by atoms with Crippen molar-refractivity contribution in [1.82, 2.24) is 14.8 Å². The van der Waals surface area contributed by atoms with Gasteiger partial charge in [0.05, 0.1) is 18.8 Å². The van der Waals surface area contributed by atoms with E-state index in [0.29, 0.717) is 31.8 Å². The van der Waals surface area contributed by atoms with Gasteiger partial charge in [-0.25, -0.2) is 0 Å². The zero-order chi connectivity index (χ0) is 20.7. The van der Waals surface area contributed by atoms with Crippen LogP contribution >= 0.6 is 0 Å². The summed E-state index contributed by atoms with van der Waals surface area (Å²) in [5, 5.41) is 7.19. The first-order valence-corrected chi connectivity index (χ1v) is 9.87. The minimum atomic E-state index is -0.0697. The highest BCUT2D eigenvalue weighted by Crippen LogP contribution is 2.24. The standard InChI is InChI=1S/C23H28N4O2/c1-23(2,3)18-9-11-20(12-10-18)29-16-6-8-22(28)25-21-13-15-27(26-21)17-19-7-4-5-14-24-19/h4-5,7,9-15H,6,8,16-17H2,1-3H3,(H,25,26,28). The highest BCUT2D eigenvalue weighted by Gasteiger charge is 2.13. The molecule has 2 heterocycles. The van der Waals surface area contributed by atoms with Gasteiger partial charge in [-0.15, -0.1) is 0 Å². The summed E-state index contributed by atoms with van der Waals surface area (Å²) in [6.07, 6.45) is 4.60. The first-order valence-electron chi connectivity index (χ1n) is 9.87. The van der Waals surface area contributed by atoms with Crippen molar-refractivity contribution in [2.75, 3.05) is 11.9 Å². The second-order valence-corrected chi connectivity index (χ2v) is 7.99. The normalized spacial score (nSPS) is 11.3. The Balaban J connectivity index is 1.38. The van der Waals surface area contributed by atoms with Gasteiger partial charge in [-0.1, -0.05) is 39.0 Å². The van der Waals surface area contributed by atoms with E-state index in [0.717, 1.165) is 11.4 Å². The van der Waals surface area contributed by atoms with E-state index in [2.05, 4.69) is 48.3 Å². The second kappa shape index (κ2) is 9.37. The largest absolute Gasteiger partial charge is 0.494 e. The quantitative estimate of drug-likeness (QED) is 0.576. The van der Waals surface area contributed by atoms with Crippen LogP contribution in [0.2, 0.25) is 0 Å². The molecule has 0 aliphatic rings. The molecule has 3 rings (SSSR count). The lowest BCUT2D eigenvalue weighted by Crippen LogP contribution is -2.14. The van der Waals surface area contributed by atoms with E-state index in [-0.39, 0.29) is 11.3 Å². The van der Waals surface area contributed by atoms with Gasteiger partial charge in [0.15, 0.2) is 5.82 Å². The summed E-state index contributed by atoms with van der Waals surface area (Å²) in [5.74, 6) is 1.30. The van der Waals surface area contributed by atoms with Crippen molar-refractivity contribution in [2.24, 2.45) is 0 Å². The van der Waals surface area contributed by atoms with Crippen molar-refractivity contribution < 1.29 is 9.53 Å². The molecule has 2 aromatic heterocycles. The molecule has 6 nitrogen and oxygen atoms in total. The molecule has 1 aromatic carbocycles. The van der Waals surface area contributed by atoms with Crippen molar-refractivity contribution in [3.05, 3.63) is 72.2 Å². The fourth-order valence-electron chi connectivity index (χ4n) is 2.85. The Labute approximate surface area is 171 Å². The van der Waals surface area contributed by atoms with Crippen molar-refractivity contribution in [1.29, 1.82) is 0 Å². The van der Waals surface area contributed by atoms with Gasteiger partial charge in [0.2, 0.25) is 5.91 Å². The Morgan fingerprint density at radius 3 is 2.59 bits per heavy atom. The number of rotatable bonds is 8. The topological polar surface area (TPSA) is 69.0 Å². The van der Waals surface area contributed by atoms with Crippen LogP contribution in [0.3, 0.4) is 0 Å². The molecule has 0 saturated heterocycles. The molecule has 3 aromatic rings. The van der Waals surface area contributed by atoms with Crippen LogP contribution in [0.15, 0.2) is 60.9 Å². The van der Waals surface area contributed by atoms with Gasteiger partial charge in [0.1, 0.15) is 5.75 Å². The van der Waals surface area contributed by atoms with Crippen LogP contribution in [-0.2, 0) is 16.8 Å². The summed E-state index contributed by atoms with van der Waals surface area (Å²) < 4.78 is 7.49. The van der Waals surface area contributed by atoms with Gasteiger partial charge < -0.3 is 10.1 Å². The zero-order valence-corrected chi connectivity index (χ0v) is 17.3. The van der Waals surface area contributed by atoms with E-state index < -0.39 is 0 Å². The number of hydrogen-bond acceptors (Lipinski definition) is 4. The number of ether oxygens (including phenoxy) is 1. The van der Waals surface area contributed by atoms with E-state index >= 15 is 0 Å². The monoisotopic (exact) mass is 392 g/mol. The van der Waals surface area contributed by atoms with Crippen LogP contribution in [0.25, 0.3) is 0 Å². The number of nitrogens with zero attached hydrogens (tertiary/aromatic N) is 3. The van der Waals surface area contributed by atoms with Crippen LogP contribution in [-0.4, -0.2) is 27.3 Å². The Morgan fingerprint density at radius 1 is 1.10 bits per heavy atom. The van der Waals surface area contributed by atoms with Gasteiger partial charge in [-0.3, -0.25) is 14.5 Å². The lowest BCUT2D eigenvalue weighted by Gasteiger charge is -2.19. The van der Waals surface area contributed by atoms with Crippen molar-refractivity contribution in [2.45, 2.75) is 45.6 Å². The maximum atomic E-state index is 12.1. The summed E-state index contributed by atoms with van der Waals surface area (Å²) in [4.78, 5) is 16.4. The van der Waals surface area contributed by atoms with Crippen molar-refractivity contribution in [3.63, 3.8) is 0 Å². The average Bonchev–Trinajstić information content (AvgIpc) is 3.12. The fourth-order valence-corrected chi connectivity index (χ4v) is 2.85. The molecule has 6 heteroatoms. The first-order chi connectivity index (χ1) is 13.9. The number of aromatic nitrogens is 3. The Kier molecular flexibility index (Phi) is 6.65. The van der Waals surface area contributed by atoms with Crippen molar-refractivity contribution in [3.8, 4) is 5.75 Å². The molecule has 0 unspecified atom stereocenters. The predicted molar refractivity (Wildman–Crippen MR) is 114 cm³/mol. The van der Waals surface area contributed by atoms with Gasteiger partial charge in [-0.05, 0) is 41.7 Å². The first kappa shape index (κ1) is 20.6. The molecule has 0 aliphatic heterocycles. The van der Waals surface area contributed by atoms with Gasteiger partial charge in [0, 0.05) is 24.9 Å². The molecule has 1 amide bonds. The summed E-state index contributed by atoms with van der Waals surface area (Å²) in [6, 6.07) is 15.7. The molecular weight excluding hydrogens is 364 g/mol. The molecule has 29 heavy (non-hydrogen) atoms. The fraction of sp³-hybridized carbons (Fsp3) is 0.348. The van der Waals surface area contributed by atoms with E-state index in [9.17, 15) is 4.79 Å². The number of hydrogen-bond donors (Lipinski definition) is 1. The molecule has 1 N–H and O–H groups in total. The van der Waals surface area contributed by atoms with E-state index in [1.165, 1.54) is 5.56 Å². The minimum Gasteiger partial charge on any atom is -0.494 e. The maximum Gasteiger partial charge on any atom is 0.225 e. The van der Waals surface area contributed by atoms with Gasteiger partial charge in [-0.2, -0.15) is 5.10 Å². The Morgan fingerprint density at radius 2 is 1.90 bits per heavy atom. The SMILES string of the molecule is CC(C)(C)c1ccc(OCCCC(=O)Nc2ccn(Cc3ccccn3)n2)cc1. The lowest BCUT2D eigenvalue weighted by molar-refractivity contribution is -0.116. The molecular formula is C23H28N4O2. The number of benzene rings is 1. The molecule has 0 fully saturated rings. The summed E-state index contributed by atoms with van der Waals surface area (Å²) in [5.41, 5.74) is 2.31. The van der Waals surface area contributed by atoms with Gasteiger partial charge in [0.25, 0.3) is 0 Å². The van der Waals surface area contributed by atoms with Crippen LogP contribution in [0, 0.1) is 0 Å². The molecule has 152 valence electrons. The molecule has 0 bridgehead atoms. The highest BCUT2D eigenvalue weighted by molar-refractivity contribution is 5.89. The molecule has 0 aliphatic carbocycles. The number of anilines is 1. The third-order valence-corrected chi connectivity index (χ3v) is 4.50. The third kappa shape index (κ3) is 6.45. The highest BCUT2D eigenvalue weighted by atomic mass is 16.5. The van der Waals surface area contributed by atoms with Crippen molar-refractivity contribution >= 4 is 11.7 Å². The number of amides is 1. The molecule has 0 saturated carbocycles. The van der Waals surface area contributed by atoms with E-state index in [1.54, 1.807) is 16.9 Å². The Bertz CT molecular complexity index is 912. The van der Waals surface area contributed by atoms with Crippen LogP contribution < -0.4 is 10.1 Å². The number of nitrogens with one attached hydrogen (secondary N) is 1. The van der Waals surface area contributed by atoms with Gasteiger partial charge >= 0.3 is 0 Å². The molecule has 0 atom stereocenters. The lowest BCUT2D eigenvalue weighted by atomic mass is 9.87. The van der Waals surface area contributed by atoms with E-state index in [4.69, 9.17) is 4.74 Å². The van der Waals surface area contributed by atoms with Crippen LogP contribution in [0.4, 0.5) is 5.82 Å². The van der Waals surface area contributed by atoms with Crippen LogP contribution in [0.1, 0.15) is 44.9 Å². The zero-order valence-electron chi connectivity index (χ0n) is 17.3. The summed E-state index contributed by atoms with van der Waals surface area (Å²) >= 11 is 0. The molecule has 0 radical (unpaired) electrons. The maximum absolute atomic E-state index is 12.1. The smallest absolute Gasteiger partial charge is 0.225 e. The Hall–Kier alpha value is -3.15. The van der Waals surface area contributed by atoms with Crippen LogP contribution in [0.5, 0.6) is 5.75 Å². The summed E-state index contributed by atoms with van der Waals surface area (Å²) in [7, 11) is 0.